The number of rotatable bonds is 2. The first-order valence-electron chi connectivity index (χ1n) is 6.72. The van der Waals surface area contributed by atoms with Crippen molar-refractivity contribution in [3.63, 3.8) is 0 Å². The van der Waals surface area contributed by atoms with Gasteiger partial charge < -0.3 is 4.42 Å². The summed E-state index contributed by atoms with van der Waals surface area (Å²) in [6, 6.07) is 12.8. The van der Waals surface area contributed by atoms with Gasteiger partial charge in [-0.2, -0.15) is 0 Å². The zero-order valence-corrected chi connectivity index (χ0v) is 12.9. The van der Waals surface area contributed by atoms with Crippen molar-refractivity contribution in [3.05, 3.63) is 65.5 Å². The van der Waals surface area contributed by atoms with Gasteiger partial charge in [0.05, 0.1) is 8.07 Å². The molecule has 0 amide bonds. The predicted molar refractivity (Wildman–Crippen MR) is 83.4 cm³/mol. The molecular formula is C17H19OSi. The lowest BCUT2D eigenvalue weighted by molar-refractivity contribution is 0.522. The smallest absolute Gasteiger partial charge is 0.130 e. The second-order valence-corrected chi connectivity index (χ2v) is 11.2. The lowest BCUT2D eigenvalue weighted by Gasteiger charge is -2.21. The van der Waals surface area contributed by atoms with E-state index in [0.717, 1.165) is 11.5 Å². The van der Waals surface area contributed by atoms with E-state index in [0.29, 0.717) is 0 Å². The van der Waals surface area contributed by atoms with Crippen molar-refractivity contribution >= 4 is 18.8 Å². The maximum atomic E-state index is 5.86. The Labute approximate surface area is 116 Å². The third-order valence-electron chi connectivity index (χ3n) is 3.56. The van der Waals surface area contributed by atoms with Gasteiger partial charge in [-0.15, -0.1) is 0 Å². The van der Waals surface area contributed by atoms with E-state index in [4.69, 9.17) is 4.42 Å². The molecule has 0 fully saturated rings. The van der Waals surface area contributed by atoms with Crippen molar-refractivity contribution in [1.29, 1.82) is 0 Å². The van der Waals surface area contributed by atoms with Gasteiger partial charge in [0, 0.05) is 12.0 Å². The minimum Gasteiger partial charge on any atom is -0.462 e. The summed E-state index contributed by atoms with van der Waals surface area (Å²) in [5.74, 6) is 1.98. The Bertz CT molecular complexity index is 656. The Morgan fingerprint density at radius 3 is 2.32 bits per heavy atom. The van der Waals surface area contributed by atoms with Crippen molar-refractivity contribution in [1.82, 2.24) is 0 Å². The standard InChI is InChI=1S/C17H19OSi/c1-12-9-10-16(18-12)15-11-13-7-5-6-8-14(13)17(15)19(2,3)4/h5-11H,1-4H3. The molecule has 0 bridgehead atoms. The number of hydrogen-bond acceptors (Lipinski definition) is 1. The third-order valence-corrected chi connectivity index (χ3v) is 5.59. The van der Waals surface area contributed by atoms with Crippen molar-refractivity contribution in [2.75, 3.05) is 0 Å². The zero-order valence-electron chi connectivity index (χ0n) is 11.9. The molecule has 2 heteroatoms. The monoisotopic (exact) mass is 267 g/mol. The molecule has 97 valence electrons. The molecule has 1 radical (unpaired) electrons. The van der Waals surface area contributed by atoms with Crippen LogP contribution in [-0.2, 0) is 0 Å². The van der Waals surface area contributed by atoms with Gasteiger partial charge in [-0.3, -0.25) is 0 Å². The van der Waals surface area contributed by atoms with Crippen LogP contribution in [0.15, 0.2) is 40.8 Å². The maximum Gasteiger partial charge on any atom is 0.130 e. The number of aryl methyl sites for hydroxylation is 1. The van der Waals surface area contributed by atoms with Gasteiger partial charge >= 0.3 is 0 Å². The second-order valence-electron chi connectivity index (χ2n) is 6.18. The zero-order chi connectivity index (χ0) is 13.6. The maximum absolute atomic E-state index is 5.86. The largest absolute Gasteiger partial charge is 0.462 e. The first kappa shape index (κ1) is 12.5. The average molecular weight is 267 g/mol. The van der Waals surface area contributed by atoms with E-state index < -0.39 is 8.07 Å². The summed E-state index contributed by atoms with van der Waals surface area (Å²) in [6.45, 7) is 9.19. The first-order valence-corrected chi connectivity index (χ1v) is 10.2. The number of hydrogen-bond donors (Lipinski definition) is 0. The highest BCUT2D eigenvalue weighted by molar-refractivity contribution is 6.95. The van der Waals surface area contributed by atoms with E-state index in [1.165, 1.54) is 21.9 Å². The van der Waals surface area contributed by atoms with Gasteiger partial charge in [0.15, 0.2) is 0 Å². The lowest BCUT2D eigenvalue weighted by Crippen LogP contribution is -2.22. The summed E-state index contributed by atoms with van der Waals surface area (Å²) in [7, 11) is -1.42. The molecule has 0 atom stereocenters. The topological polar surface area (TPSA) is 13.1 Å². The summed E-state index contributed by atoms with van der Waals surface area (Å²) in [5, 5.41) is 1.51. The second kappa shape index (κ2) is 4.24. The van der Waals surface area contributed by atoms with Crippen LogP contribution >= 0.6 is 0 Å². The van der Waals surface area contributed by atoms with Gasteiger partial charge in [-0.25, -0.2) is 0 Å². The molecule has 1 aliphatic rings. The lowest BCUT2D eigenvalue weighted by atomic mass is 10.1. The van der Waals surface area contributed by atoms with Crippen LogP contribution < -0.4 is 0 Å². The molecule has 1 aliphatic carbocycles. The predicted octanol–water partition coefficient (Wildman–Crippen LogP) is 4.94. The van der Waals surface area contributed by atoms with Crippen LogP contribution in [0.3, 0.4) is 0 Å². The minimum absolute atomic E-state index is 0.974. The molecule has 0 N–H and O–H groups in total. The van der Waals surface area contributed by atoms with Crippen LogP contribution in [0.5, 0.6) is 0 Å². The van der Waals surface area contributed by atoms with Crippen molar-refractivity contribution in [3.8, 4) is 0 Å². The van der Waals surface area contributed by atoms with Gasteiger partial charge in [0.2, 0.25) is 0 Å². The van der Waals surface area contributed by atoms with Crippen LogP contribution in [0.1, 0.15) is 22.6 Å². The quantitative estimate of drug-likeness (QED) is 0.702. The molecule has 1 aromatic carbocycles. The SMILES string of the molecule is Cc1ccc(C2=C([Si](C)(C)C)c3ccccc3[CH]2)o1. The van der Waals surface area contributed by atoms with Gasteiger partial charge in [0.25, 0.3) is 0 Å². The summed E-state index contributed by atoms with van der Waals surface area (Å²) in [4.78, 5) is 0. The highest BCUT2D eigenvalue weighted by Gasteiger charge is 2.32. The number of allylic oxidation sites excluding steroid dienone is 1. The summed E-state index contributed by atoms with van der Waals surface area (Å²) < 4.78 is 5.86. The van der Waals surface area contributed by atoms with Crippen LogP contribution in [0.25, 0.3) is 10.8 Å². The molecule has 0 saturated carbocycles. The number of furan rings is 1. The summed E-state index contributed by atoms with van der Waals surface area (Å²) >= 11 is 0. The minimum atomic E-state index is -1.42. The summed E-state index contributed by atoms with van der Waals surface area (Å²) in [6.07, 6.45) is 2.28. The third kappa shape index (κ3) is 2.10. The Balaban J connectivity index is 2.21. The Morgan fingerprint density at radius 1 is 0.947 bits per heavy atom. The molecule has 0 unspecified atom stereocenters. The van der Waals surface area contributed by atoms with Crippen LogP contribution in [0.4, 0.5) is 0 Å². The Kier molecular flexibility index (Phi) is 2.79. The van der Waals surface area contributed by atoms with Gasteiger partial charge in [0.1, 0.15) is 11.5 Å². The van der Waals surface area contributed by atoms with E-state index in [1.807, 2.05) is 13.0 Å². The van der Waals surface area contributed by atoms with Crippen molar-refractivity contribution in [2.45, 2.75) is 26.6 Å². The molecule has 1 aromatic heterocycles. The van der Waals surface area contributed by atoms with E-state index in [1.54, 1.807) is 0 Å². The number of fused-ring (bicyclic) bond motifs is 1. The van der Waals surface area contributed by atoms with E-state index in [2.05, 4.69) is 56.4 Å². The molecule has 0 saturated heterocycles. The molecule has 3 rings (SSSR count). The van der Waals surface area contributed by atoms with Crippen molar-refractivity contribution < 1.29 is 4.42 Å². The highest BCUT2D eigenvalue weighted by Crippen LogP contribution is 2.44. The van der Waals surface area contributed by atoms with Gasteiger partial charge in [-0.05, 0) is 35.4 Å². The average Bonchev–Trinajstić information content (AvgIpc) is 2.90. The fourth-order valence-electron chi connectivity index (χ4n) is 2.80. The fourth-order valence-corrected chi connectivity index (χ4v) is 4.84. The molecule has 19 heavy (non-hydrogen) atoms. The molecule has 1 heterocycles. The van der Waals surface area contributed by atoms with Crippen molar-refractivity contribution in [2.24, 2.45) is 0 Å². The molecule has 2 aromatic rings. The Hall–Kier alpha value is -1.54. The molecule has 0 aliphatic heterocycles. The normalized spacial score (nSPS) is 14.9. The van der Waals surface area contributed by atoms with Crippen LogP contribution in [0.2, 0.25) is 19.6 Å². The molecular weight excluding hydrogens is 248 g/mol. The molecule has 1 nitrogen and oxygen atoms in total. The summed E-state index contributed by atoms with van der Waals surface area (Å²) in [5.41, 5.74) is 4.00. The molecule has 0 spiro atoms. The van der Waals surface area contributed by atoms with E-state index >= 15 is 0 Å². The first-order chi connectivity index (χ1) is 8.97. The van der Waals surface area contributed by atoms with Crippen LogP contribution in [0, 0.1) is 13.3 Å². The highest BCUT2D eigenvalue weighted by atomic mass is 28.3. The van der Waals surface area contributed by atoms with E-state index in [-0.39, 0.29) is 0 Å². The van der Waals surface area contributed by atoms with Gasteiger partial charge in [-0.1, -0.05) is 43.9 Å². The Morgan fingerprint density at radius 2 is 1.68 bits per heavy atom. The fraction of sp³-hybridized carbons (Fsp3) is 0.235. The number of benzene rings is 1. The van der Waals surface area contributed by atoms with Crippen LogP contribution in [-0.4, -0.2) is 8.07 Å². The van der Waals surface area contributed by atoms with E-state index in [9.17, 15) is 0 Å².